The number of amides is 1. The number of thiophene rings is 1. The van der Waals surface area contributed by atoms with Crippen LogP contribution in [0.4, 0.5) is 0 Å². The number of hydrogen-bond acceptors (Lipinski definition) is 6. The monoisotopic (exact) mass is 431 g/mol. The van der Waals surface area contributed by atoms with Crippen LogP contribution in [-0.2, 0) is 22.5 Å². The lowest BCUT2D eigenvalue weighted by Crippen LogP contribution is -2.33. The van der Waals surface area contributed by atoms with Gasteiger partial charge in [0.25, 0.3) is 11.5 Å². The summed E-state index contributed by atoms with van der Waals surface area (Å²) in [5.74, 6) is 0.478. The molecule has 4 rings (SSSR count). The number of esters is 1. The van der Waals surface area contributed by atoms with Gasteiger partial charge in [-0.1, -0.05) is 25.7 Å². The van der Waals surface area contributed by atoms with Crippen molar-refractivity contribution in [3.63, 3.8) is 0 Å². The third kappa shape index (κ3) is 4.43. The summed E-state index contributed by atoms with van der Waals surface area (Å²) < 4.78 is 7.00. The maximum Gasteiger partial charge on any atom is 0.349 e. The molecule has 0 atom stereocenters. The molecule has 1 amide bonds. The summed E-state index contributed by atoms with van der Waals surface area (Å²) in [5.41, 5.74) is 0.523. The topological polar surface area (TPSA) is 90.3 Å². The van der Waals surface area contributed by atoms with Crippen molar-refractivity contribution in [2.45, 2.75) is 71.3 Å². The van der Waals surface area contributed by atoms with Crippen molar-refractivity contribution in [1.29, 1.82) is 0 Å². The summed E-state index contributed by atoms with van der Waals surface area (Å²) in [4.78, 5) is 43.3. The summed E-state index contributed by atoms with van der Waals surface area (Å²) in [6.07, 6.45) is 9.87. The fraction of sp³-hybridized carbons (Fsp3) is 0.636. The Kier molecular flexibility index (Phi) is 6.51. The van der Waals surface area contributed by atoms with Crippen LogP contribution in [0.5, 0.6) is 0 Å². The lowest BCUT2D eigenvalue weighted by Gasteiger charge is -2.21. The van der Waals surface area contributed by atoms with Crippen LogP contribution in [0.25, 0.3) is 10.2 Å². The third-order valence-corrected chi connectivity index (χ3v) is 7.41. The second-order valence-corrected chi connectivity index (χ2v) is 9.42. The van der Waals surface area contributed by atoms with E-state index in [9.17, 15) is 14.4 Å². The fourth-order valence-corrected chi connectivity index (χ4v) is 5.59. The number of carbonyl (C=O) groups excluding carboxylic acids is 2. The summed E-state index contributed by atoms with van der Waals surface area (Å²) in [5, 5.41) is 3.37. The molecular formula is C22H29N3O4S. The molecule has 3 heterocycles. The van der Waals surface area contributed by atoms with Crippen LogP contribution in [0.1, 0.15) is 72.4 Å². The van der Waals surface area contributed by atoms with Gasteiger partial charge in [0.2, 0.25) is 0 Å². The minimum atomic E-state index is -0.567. The van der Waals surface area contributed by atoms with E-state index in [4.69, 9.17) is 4.74 Å². The minimum absolute atomic E-state index is 0.0741. The number of nitrogens with zero attached hydrogens (tertiary/aromatic N) is 2. The van der Waals surface area contributed by atoms with Crippen molar-refractivity contribution in [3.8, 4) is 0 Å². The molecule has 162 valence electrons. The first-order valence-corrected chi connectivity index (χ1v) is 11.8. The average molecular weight is 432 g/mol. The van der Waals surface area contributed by atoms with Gasteiger partial charge in [0, 0.05) is 19.5 Å². The molecule has 2 aromatic rings. The maximum atomic E-state index is 13.0. The van der Waals surface area contributed by atoms with Gasteiger partial charge in [0.15, 0.2) is 6.61 Å². The molecule has 30 heavy (non-hydrogen) atoms. The number of aromatic nitrogens is 2. The van der Waals surface area contributed by atoms with Gasteiger partial charge >= 0.3 is 5.97 Å². The Morgan fingerprint density at radius 1 is 1.17 bits per heavy atom. The van der Waals surface area contributed by atoms with Crippen LogP contribution in [0.3, 0.4) is 0 Å². The van der Waals surface area contributed by atoms with Gasteiger partial charge in [0.1, 0.15) is 15.5 Å². The second kappa shape index (κ2) is 9.29. The predicted octanol–water partition coefficient (Wildman–Crippen LogP) is 3.35. The standard InChI is InChI=1S/C22H29N3O4S/c1-14-18-20(24-16-10-6-3-7-11-25(16)21(18)27)30-19(14)22(28)29-13-17(26)23-12-15-8-4-2-5-9-15/h15H,2-13H2,1H3,(H,23,26). The van der Waals surface area contributed by atoms with Crippen LogP contribution in [-0.4, -0.2) is 34.6 Å². The Morgan fingerprint density at radius 2 is 1.93 bits per heavy atom. The van der Waals surface area contributed by atoms with Crippen molar-refractivity contribution < 1.29 is 14.3 Å². The van der Waals surface area contributed by atoms with E-state index in [0.29, 0.717) is 39.7 Å². The lowest BCUT2D eigenvalue weighted by molar-refractivity contribution is -0.124. The molecule has 0 aromatic carbocycles. The molecule has 0 spiro atoms. The molecule has 0 bridgehead atoms. The molecule has 8 heteroatoms. The van der Waals surface area contributed by atoms with E-state index in [1.165, 1.54) is 30.6 Å². The SMILES string of the molecule is Cc1c(C(=O)OCC(=O)NCC2CCCCC2)sc2nc3n(c(=O)c12)CCCCC3. The molecule has 2 aromatic heterocycles. The molecule has 1 N–H and O–H groups in total. The highest BCUT2D eigenvalue weighted by Crippen LogP contribution is 2.29. The first-order chi connectivity index (χ1) is 14.5. The number of fused-ring (bicyclic) bond motifs is 2. The Bertz CT molecular complexity index is 1000. The zero-order valence-corrected chi connectivity index (χ0v) is 18.3. The highest BCUT2D eigenvalue weighted by Gasteiger charge is 2.23. The van der Waals surface area contributed by atoms with E-state index in [1.807, 2.05) is 0 Å². The largest absolute Gasteiger partial charge is 0.451 e. The number of carbonyl (C=O) groups is 2. The quantitative estimate of drug-likeness (QED) is 0.733. The average Bonchev–Trinajstić information content (AvgIpc) is 2.92. The second-order valence-electron chi connectivity index (χ2n) is 8.42. The molecule has 1 aliphatic heterocycles. The Labute approximate surface area is 179 Å². The Hall–Kier alpha value is -2.22. The third-order valence-electron chi connectivity index (χ3n) is 6.24. The van der Waals surface area contributed by atoms with Gasteiger partial charge in [-0.3, -0.25) is 14.2 Å². The zero-order chi connectivity index (χ0) is 21.1. The van der Waals surface area contributed by atoms with Crippen molar-refractivity contribution in [2.24, 2.45) is 5.92 Å². The van der Waals surface area contributed by atoms with Gasteiger partial charge in [-0.25, -0.2) is 9.78 Å². The number of nitrogens with one attached hydrogen (secondary N) is 1. The smallest absolute Gasteiger partial charge is 0.349 e. The number of hydrogen-bond donors (Lipinski definition) is 1. The van der Waals surface area contributed by atoms with Crippen LogP contribution < -0.4 is 10.9 Å². The highest BCUT2D eigenvalue weighted by molar-refractivity contribution is 7.20. The van der Waals surface area contributed by atoms with E-state index >= 15 is 0 Å². The molecular weight excluding hydrogens is 402 g/mol. The maximum absolute atomic E-state index is 13.0. The highest BCUT2D eigenvalue weighted by atomic mass is 32.1. The number of aryl methyl sites for hydroxylation is 2. The Morgan fingerprint density at radius 3 is 2.73 bits per heavy atom. The molecule has 7 nitrogen and oxygen atoms in total. The zero-order valence-electron chi connectivity index (χ0n) is 17.5. The summed E-state index contributed by atoms with van der Waals surface area (Å²) in [6, 6.07) is 0. The fourth-order valence-electron chi connectivity index (χ4n) is 4.50. The van der Waals surface area contributed by atoms with Gasteiger partial charge in [0.05, 0.1) is 5.39 Å². The van der Waals surface area contributed by atoms with E-state index in [-0.39, 0.29) is 18.1 Å². The lowest BCUT2D eigenvalue weighted by atomic mass is 9.89. The molecule has 0 unspecified atom stereocenters. The summed E-state index contributed by atoms with van der Waals surface area (Å²) in [7, 11) is 0. The van der Waals surface area contributed by atoms with Crippen LogP contribution in [0.2, 0.25) is 0 Å². The molecule has 1 saturated carbocycles. The van der Waals surface area contributed by atoms with Crippen molar-refractivity contribution in [2.75, 3.05) is 13.2 Å². The number of ether oxygens (including phenoxy) is 1. The summed E-state index contributed by atoms with van der Waals surface area (Å²) >= 11 is 1.18. The van der Waals surface area contributed by atoms with Gasteiger partial charge in [-0.15, -0.1) is 11.3 Å². The minimum Gasteiger partial charge on any atom is -0.451 e. The molecule has 0 saturated heterocycles. The van der Waals surface area contributed by atoms with Gasteiger partial charge in [-0.05, 0) is 44.1 Å². The van der Waals surface area contributed by atoms with E-state index in [2.05, 4.69) is 10.3 Å². The van der Waals surface area contributed by atoms with Crippen molar-refractivity contribution in [1.82, 2.24) is 14.9 Å². The van der Waals surface area contributed by atoms with Crippen molar-refractivity contribution >= 4 is 33.4 Å². The Balaban J connectivity index is 1.43. The van der Waals surface area contributed by atoms with Gasteiger partial charge < -0.3 is 10.1 Å². The molecule has 0 radical (unpaired) electrons. The first kappa shape index (κ1) is 21.0. The molecule has 1 fully saturated rings. The first-order valence-electron chi connectivity index (χ1n) is 11.0. The number of rotatable bonds is 5. The molecule has 2 aliphatic rings. The van der Waals surface area contributed by atoms with E-state index < -0.39 is 5.97 Å². The van der Waals surface area contributed by atoms with Crippen LogP contribution >= 0.6 is 11.3 Å². The van der Waals surface area contributed by atoms with E-state index in [1.54, 1.807) is 11.5 Å². The van der Waals surface area contributed by atoms with Crippen LogP contribution in [0, 0.1) is 12.8 Å². The van der Waals surface area contributed by atoms with E-state index in [0.717, 1.165) is 44.3 Å². The summed E-state index contributed by atoms with van der Waals surface area (Å²) in [6.45, 7) is 2.77. The molecule has 1 aliphatic carbocycles. The normalized spacial score (nSPS) is 17.4. The van der Waals surface area contributed by atoms with Crippen LogP contribution in [0.15, 0.2) is 4.79 Å². The predicted molar refractivity (Wildman–Crippen MR) is 116 cm³/mol. The van der Waals surface area contributed by atoms with Gasteiger partial charge in [-0.2, -0.15) is 0 Å². The van der Waals surface area contributed by atoms with Crippen molar-refractivity contribution in [3.05, 3.63) is 26.6 Å².